The van der Waals surface area contributed by atoms with E-state index in [0.29, 0.717) is 21.3 Å². The van der Waals surface area contributed by atoms with Gasteiger partial charge in [0.2, 0.25) is 0 Å². The molecule has 3 rings (SSSR count). The topological polar surface area (TPSA) is 58.2 Å². The minimum Gasteiger partial charge on any atom is -0.349 e. The number of carbonyl (C=O) groups excluding carboxylic acids is 2. The van der Waals surface area contributed by atoms with E-state index in [1.807, 2.05) is 6.92 Å². The molecule has 1 fully saturated rings. The van der Waals surface area contributed by atoms with Crippen LogP contribution in [0.25, 0.3) is 0 Å². The molecule has 2 amide bonds. The Morgan fingerprint density at radius 2 is 1.78 bits per heavy atom. The quantitative estimate of drug-likeness (QED) is 0.696. The molecule has 1 saturated carbocycles. The Morgan fingerprint density at radius 1 is 1.04 bits per heavy atom. The van der Waals surface area contributed by atoms with Gasteiger partial charge in [-0.2, -0.15) is 0 Å². The van der Waals surface area contributed by atoms with Crippen LogP contribution in [-0.2, 0) is 0 Å². The van der Waals surface area contributed by atoms with Crippen molar-refractivity contribution in [3.63, 3.8) is 0 Å². The van der Waals surface area contributed by atoms with Crippen LogP contribution in [0.4, 0.5) is 10.1 Å². The van der Waals surface area contributed by atoms with Gasteiger partial charge in [-0.1, -0.05) is 19.3 Å². The van der Waals surface area contributed by atoms with Gasteiger partial charge < -0.3 is 10.6 Å². The van der Waals surface area contributed by atoms with E-state index in [4.69, 9.17) is 0 Å². The lowest BCUT2D eigenvalue weighted by Crippen LogP contribution is -2.36. The zero-order valence-corrected chi connectivity index (χ0v) is 16.7. The van der Waals surface area contributed by atoms with Crippen LogP contribution >= 0.6 is 15.9 Å². The number of hydrogen-bond donors (Lipinski definition) is 2. The Hall–Kier alpha value is -2.21. The molecule has 2 aromatic rings. The van der Waals surface area contributed by atoms with Crippen LogP contribution in [0.15, 0.2) is 40.9 Å². The Kier molecular flexibility index (Phi) is 6.26. The second-order valence-corrected chi connectivity index (χ2v) is 7.77. The lowest BCUT2D eigenvalue weighted by molar-refractivity contribution is 0.0927. The Labute approximate surface area is 166 Å². The fraction of sp³-hybridized carbons (Fsp3) is 0.333. The van der Waals surface area contributed by atoms with E-state index in [-0.39, 0.29) is 17.9 Å². The predicted octanol–water partition coefficient (Wildman–Crippen LogP) is 5.21. The molecular weight excluding hydrogens is 411 g/mol. The van der Waals surface area contributed by atoms with E-state index in [1.54, 1.807) is 18.2 Å². The minimum absolute atomic E-state index is 0.0795. The van der Waals surface area contributed by atoms with Crippen molar-refractivity contribution in [3.8, 4) is 0 Å². The van der Waals surface area contributed by atoms with Gasteiger partial charge in [-0.05, 0) is 77.7 Å². The lowest BCUT2D eigenvalue weighted by atomic mass is 9.95. The van der Waals surface area contributed by atoms with Crippen molar-refractivity contribution in [2.75, 3.05) is 5.32 Å². The van der Waals surface area contributed by atoms with Gasteiger partial charge in [-0.3, -0.25) is 9.59 Å². The normalized spacial score (nSPS) is 14.6. The fourth-order valence-corrected chi connectivity index (χ4v) is 3.86. The third-order valence-corrected chi connectivity index (χ3v) is 5.51. The molecule has 0 heterocycles. The van der Waals surface area contributed by atoms with Gasteiger partial charge >= 0.3 is 0 Å². The predicted molar refractivity (Wildman–Crippen MR) is 108 cm³/mol. The number of anilines is 1. The molecular formula is C21H22BrFN2O2. The molecule has 2 aromatic carbocycles. The highest BCUT2D eigenvalue weighted by Gasteiger charge is 2.18. The summed E-state index contributed by atoms with van der Waals surface area (Å²) in [6, 6.07) is 9.37. The highest BCUT2D eigenvalue weighted by Crippen LogP contribution is 2.23. The molecule has 0 radical (unpaired) electrons. The first kappa shape index (κ1) is 19.5. The molecule has 0 aromatic heterocycles. The zero-order valence-electron chi connectivity index (χ0n) is 15.1. The molecule has 0 unspecified atom stereocenters. The molecule has 0 atom stereocenters. The molecule has 1 aliphatic rings. The van der Waals surface area contributed by atoms with Gasteiger partial charge in [0.15, 0.2) is 0 Å². The Balaban J connectivity index is 1.68. The fourth-order valence-electron chi connectivity index (χ4n) is 3.32. The van der Waals surface area contributed by atoms with Crippen LogP contribution in [-0.4, -0.2) is 17.9 Å². The molecule has 4 nitrogen and oxygen atoms in total. The van der Waals surface area contributed by atoms with Crippen molar-refractivity contribution in [1.82, 2.24) is 5.32 Å². The van der Waals surface area contributed by atoms with E-state index < -0.39 is 5.82 Å². The van der Waals surface area contributed by atoms with Crippen molar-refractivity contribution in [1.29, 1.82) is 0 Å². The third-order valence-electron chi connectivity index (χ3n) is 4.85. The van der Waals surface area contributed by atoms with E-state index >= 15 is 0 Å². The number of aryl methyl sites for hydroxylation is 1. The minimum atomic E-state index is -0.414. The van der Waals surface area contributed by atoms with E-state index in [1.165, 1.54) is 24.6 Å². The number of rotatable bonds is 4. The highest BCUT2D eigenvalue weighted by molar-refractivity contribution is 9.10. The van der Waals surface area contributed by atoms with Crippen LogP contribution in [0, 0.1) is 12.7 Å². The van der Waals surface area contributed by atoms with Crippen LogP contribution < -0.4 is 10.6 Å². The molecule has 0 spiro atoms. The number of carbonyl (C=O) groups is 2. The van der Waals surface area contributed by atoms with E-state index in [0.717, 1.165) is 31.2 Å². The second-order valence-electron chi connectivity index (χ2n) is 6.92. The van der Waals surface area contributed by atoms with E-state index in [9.17, 15) is 14.0 Å². The molecule has 0 bridgehead atoms. The SMILES string of the molecule is Cc1cc(C(=O)NC2CCCCC2)ccc1NC(=O)c1ccc(F)cc1Br. The van der Waals surface area contributed by atoms with Crippen molar-refractivity contribution in [3.05, 3.63) is 63.4 Å². The first-order valence-electron chi connectivity index (χ1n) is 9.12. The van der Waals surface area contributed by atoms with Gasteiger partial charge in [0.25, 0.3) is 11.8 Å². The number of amides is 2. The van der Waals surface area contributed by atoms with Gasteiger partial charge in [-0.15, -0.1) is 0 Å². The maximum absolute atomic E-state index is 13.2. The summed E-state index contributed by atoms with van der Waals surface area (Å²) in [5.41, 5.74) is 2.33. The summed E-state index contributed by atoms with van der Waals surface area (Å²) < 4.78 is 13.6. The summed E-state index contributed by atoms with van der Waals surface area (Å²) in [6.07, 6.45) is 5.63. The summed E-state index contributed by atoms with van der Waals surface area (Å²) in [5.74, 6) is -0.837. The van der Waals surface area contributed by atoms with Gasteiger partial charge in [0.05, 0.1) is 5.56 Å². The van der Waals surface area contributed by atoms with Crippen molar-refractivity contribution in [2.24, 2.45) is 0 Å². The van der Waals surface area contributed by atoms with Crippen LogP contribution in [0.5, 0.6) is 0 Å². The molecule has 27 heavy (non-hydrogen) atoms. The first-order chi connectivity index (χ1) is 12.9. The number of hydrogen-bond acceptors (Lipinski definition) is 2. The van der Waals surface area contributed by atoms with Gasteiger partial charge in [-0.25, -0.2) is 4.39 Å². The van der Waals surface area contributed by atoms with Crippen molar-refractivity contribution >= 4 is 33.4 Å². The summed E-state index contributed by atoms with van der Waals surface area (Å²) in [6.45, 7) is 1.84. The Morgan fingerprint density at radius 3 is 2.44 bits per heavy atom. The van der Waals surface area contributed by atoms with Crippen LogP contribution in [0.2, 0.25) is 0 Å². The van der Waals surface area contributed by atoms with Gasteiger partial charge in [0, 0.05) is 21.8 Å². The largest absolute Gasteiger partial charge is 0.349 e. The smallest absolute Gasteiger partial charge is 0.256 e. The molecule has 142 valence electrons. The second kappa shape index (κ2) is 8.65. The summed E-state index contributed by atoms with van der Waals surface area (Å²) in [7, 11) is 0. The maximum atomic E-state index is 13.2. The lowest BCUT2D eigenvalue weighted by Gasteiger charge is -2.23. The molecule has 2 N–H and O–H groups in total. The summed E-state index contributed by atoms with van der Waals surface area (Å²) in [4.78, 5) is 24.9. The molecule has 0 aliphatic heterocycles. The molecule has 6 heteroatoms. The van der Waals surface area contributed by atoms with Crippen LogP contribution in [0.3, 0.4) is 0 Å². The molecule has 0 saturated heterocycles. The van der Waals surface area contributed by atoms with E-state index in [2.05, 4.69) is 26.6 Å². The maximum Gasteiger partial charge on any atom is 0.256 e. The first-order valence-corrected chi connectivity index (χ1v) is 9.91. The number of benzene rings is 2. The van der Waals surface area contributed by atoms with Gasteiger partial charge in [0.1, 0.15) is 5.82 Å². The summed E-state index contributed by atoms with van der Waals surface area (Å²) >= 11 is 3.20. The number of halogens is 2. The standard InChI is InChI=1S/C21H22BrFN2O2/c1-13-11-14(20(26)24-16-5-3-2-4-6-16)7-10-19(13)25-21(27)17-9-8-15(23)12-18(17)22/h7-12,16H,2-6H2,1H3,(H,24,26)(H,25,27). The monoisotopic (exact) mass is 432 g/mol. The van der Waals surface area contributed by atoms with Crippen molar-refractivity contribution in [2.45, 2.75) is 45.1 Å². The Bertz CT molecular complexity index is 863. The molecule has 1 aliphatic carbocycles. The van der Waals surface area contributed by atoms with Crippen molar-refractivity contribution < 1.29 is 14.0 Å². The van der Waals surface area contributed by atoms with Crippen LogP contribution in [0.1, 0.15) is 58.4 Å². The summed E-state index contributed by atoms with van der Waals surface area (Å²) in [5, 5.41) is 5.90. The zero-order chi connectivity index (χ0) is 19.4. The average molecular weight is 433 g/mol. The highest BCUT2D eigenvalue weighted by atomic mass is 79.9. The average Bonchev–Trinajstić information content (AvgIpc) is 2.64. The number of nitrogens with one attached hydrogen (secondary N) is 2. The third kappa shape index (κ3) is 4.95.